The number of benzene rings is 1. The second-order valence-electron chi connectivity index (χ2n) is 5.71. The first-order valence-electron chi connectivity index (χ1n) is 8.27. The van der Waals surface area contributed by atoms with Crippen LogP contribution in [0.1, 0.15) is 10.4 Å². The standard InChI is InChI=1S/C18H16ClF2N5O3/c1-26-10-12(9-23-26)13-5-2-6-14(15(13)28-18(20)21)24-17(19)29-25-16(27)11-4-3-7-22-8-11/h2-10,17-18,24H,1H3,(H,25,27). The highest BCUT2D eigenvalue weighted by Gasteiger charge is 2.19. The molecule has 0 saturated heterocycles. The number of hydroxylamine groups is 1. The highest BCUT2D eigenvalue weighted by molar-refractivity contribution is 6.20. The second kappa shape index (κ2) is 9.30. The Labute approximate surface area is 169 Å². The summed E-state index contributed by atoms with van der Waals surface area (Å²) in [6.07, 6.45) is 6.03. The van der Waals surface area contributed by atoms with Gasteiger partial charge in [0.2, 0.25) is 5.69 Å². The Kier molecular flexibility index (Phi) is 6.57. The number of amides is 1. The molecule has 3 aromatic rings. The lowest BCUT2D eigenvalue weighted by molar-refractivity contribution is -0.0491. The Hall–Kier alpha value is -3.24. The number of para-hydroxylation sites is 1. The molecule has 2 heterocycles. The molecule has 0 spiro atoms. The number of nitrogens with one attached hydrogen (secondary N) is 2. The van der Waals surface area contributed by atoms with Crippen molar-refractivity contribution in [2.24, 2.45) is 7.05 Å². The molecule has 2 N–H and O–H groups in total. The van der Waals surface area contributed by atoms with E-state index in [2.05, 4.69) is 20.9 Å². The summed E-state index contributed by atoms with van der Waals surface area (Å²) in [6, 6.07) is 7.84. The molecule has 0 bridgehead atoms. The van der Waals surface area contributed by atoms with E-state index in [0.29, 0.717) is 11.1 Å². The van der Waals surface area contributed by atoms with Crippen molar-refractivity contribution in [2.75, 3.05) is 5.32 Å². The molecule has 1 atom stereocenters. The van der Waals surface area contributed by atoms with Crippen LogP contribution in [0.25, 0.3) is 11.1 Å². The van der Waals surface area contributed by atoms with Gasteiger partial charge in [0.15, 0.2) is 5.75 Å². The summed E-state index contributed by atoms with van der Waals surface area (Å²) in [5.41, 5.74) is 2.23. The van der Waals surface area contributed by atoms with E-state index in [9.17, 15) is 13.6 Å². The molecule has 1 amide bonds. The number of ether oxygens (including phenoxy) is 1. The second-order valence-corrected chi connectivity index (χ2v) is 6.11. The molecule has 2 aromatic heterocycles. The molecule has 1 unspecified atom stereocenters. The predicted molar refractivity (Wildman–Crippen MR) is 101 cm³/mol. The van der Waals surface area contributed by atoms with Crippen molar-refractivity contribution in [1.29, 1.82) is 0 Å². The number of carbonyl (C=O) groups excluding carboxylic acids is 1. The van der Waals surface area contributed by atoms with Crippen molar-refractivity contribution >= 4 is 23.2 Å². The van der Waals surface area contributed by atoms with Gasteiger partial charge in [-0.3, -0.25) is 14.5 Å². The molecule has 3 rings (SSSR count). The van der Waals surface area contributed by atoms with Crippen molar-refractivity contribution in [3.05, 3.63) is 60.7 Å². The fourth-order valence-corrected chi connectivity index (χ4v) is 2.63. The summed E-state index contributed by atoms with van der Waals surface area (Å²) in [5, 5.41) is 6.70. The van der Waals surface area contributed by atoms with Gasteiger partial charge in [-0.2, -0.15) is 13.9 Å². The minimum absolute atomic E-state index is 0.136. The van der Waals surface area contributed by atoms with Crippen LogP contribution in [0, 0.1) is 0 Å². The molecular weight excluding hydrogens is 408 g/mol. The minimum atomic E-state index is -3.06. The quantitative estimate of drug-likeness (QED) is 0.250. The molecule has 0 saturated carbocycles. The van der Waals surface area contributed by atoms with Crippen molar-refractivity contribution in [3.63, 3.8) is 0 Å². The Balaban J connectivity index is 1.74. The Bertz CT molecular complexity index is 971. The zero-order valence-corrected chi connectivity index (χ0v) is 15.8. The normalized spacial score (nSPS) is 11.9. The maximum Gasteiger partial charge on any atom is 0.387 e. The highest BCUT2D eigenvalue weighted by atomic mass is 35.5. The number of anilines is 1. The number of pyridine rings is 1. The molecule has 0 aliphatic carbocycles. The van der Waals surface area contributed by atoms with Crippen LogP contribution in [0.4, 0.5) is 14.5 Å². The first-order chi connectivity index (χ1) is 13.9. The van der Waals surface area contributed by atoms with E-state index in [0.717, 1.165) is 0 Å². The monoisotopic (exact) mass is 423 g/mol. The van der Waals surface area contributed by atoms with Crippen LogP contribution in [0.15, 0.2) is 55.1 Å². The number of carbonyl (C=O) groups is 1. The number of hydrogen-bond donors (Lipinski definition) is 2. The zero-order valence-electron chi connectivity index (χ0n) is 15.1. The molecule has 1 aromatic carbocycles. The van der Waals surface area contributed by atoms with Crippen molar-refractivity contribution in [3.8, 4) is 16.9 Å². The van der Waals surface area contributed by atoms with Crippen molar-refractivity contribution in [2.45, 2.75) is 12.3 Å². The van der Waals surface area contributed by atoms with Crippen LogP contribution < -0.4 is 15.5 Å². The Morgan fingerprint density at radius 2 is 2.07 bits per heavy atom. The summed E-state index contributed by atoms with van der Waals surface area (Å²) >= 11 is 6.03. The third-order valence-electron chi connectivity index (χ3n) is 3.69. The molecular formula is C18H16ClF2N5O3. The number of hydrogen-bond acceptors (Lipinski definition) is 6. The van der Waals surface area contributed by atoms with E-state index >= 15 is 0 Å². The van der Waals surface area contributed by atoms with E-state index in [1.165, 1.54) is 35.4 Å². The first-order valence-corrected chi connectivity index (χ1v) is 8.71. The van der Waals surface area contributed by atoms with E-state index in [1.807, 2.05) is 0 Å². The van der Waals surface area contributed by atoms with Gasteiger partial charge >= 0.3 is 6.61 Å². The number of alkyl halides is 3. The van der Waals surface area contributed by atoms with Crippen LogP contribution in [0.2, 0.25) is 0 Å². The highest BCUT2D eigenvalue weighted by Crippen LogP contribution is 2.38. The first kappa shape index (κ1) is 20.5. The van der Waals surface area contributed by atoms with Crippen molar-refractivity contribution < 1.29 is 23.1 Å². The fourth-order valence-electron chi connectivity index (χ4n) is 2.47. The van der Waals surface area contributed by atoms with E-state index in [-0.39, 0.29) is 17.0 Å². The molecule has 0 aliphatic rings. The summed E-state index contributed by atoms with van der Waals surface area (Å²) in [7, 11) is 1.70. The lowest BCUT2D eigenvalue weighted by Crippen LogP contribution is -2.31. The third kappa shape index (κ3) is 5.39. The number of halogens is 3. The molecule has 0 radical (unpaired) electrons. The van der Waals surface area contributed by atoms with Gasteiger partial charge in [-0.25, -0.2) is 10.3 Å². The Morgan fingerprint density at radius 1 is 1.24 bits per heavy atom. The topological polar surface area (TPSA) is 90.3 Å². The molecule has 0 aliphatic heterocycles. The SMILES string of the molecule is Cn1cc(-c2cccc(NC(Cl)ONC(=O)c3cccnc3)c2OC(F)F)cn1. The molecule has 8 nitrogen and oxygen atoms in total. The summed E-state index contributed by atoms with van der Waals surface area (Å²) < 4.78 is 32.2. The lowest BCUT2D eigenvalue weighted by atomic mass is 10.1. The lowest BCUT2D eigenvalue weighted by Gasteiger charge is -2.19. The van der Waals surface area contributed by atoms with E-state index in [1.54, 1.807) is 31.4 Å². The maximum atomic E-state index is 13.0. The molecule has 11 heteroatoms. The number of aryl methyl sites for hydroxylation is 1. The van der Waals surface area contributed by atoms with Crippen LogP contribution >= 0.6 is 11.6 Å². The maximum absolute atomic E-state index is 13.0. The van der Waals surface area contributed by atoms with Gasteiger partial charge in [-0.05, 0) is 18.2 Å². The van der Waals surface area contributed by atoms with Crippen LogP contribution in [-0.2, 0) is 11.9 Å². The van der Waals surface area contributed by atoms with Gasteiger partial charge in [0.1, 0.15) is 0 Å². The molecule has 29 heavy (non-hydrogen) atoms. The van der Waals surface area contributed by atoms with Gasteiger partial charge in [-0.1, -0.05) is 23.7 Å². The summed E-state index contributed by atoms with van der Waals surface area (Å²) in [4.78, 5) is 20.8. The number of rotatable bonds is 8. The van der Waals surface area contributed by atoms with Gasteiger partial charge in [0.05, 0.1) is 17.4 Å². The predicted octanol–water partition coefficient (Wildman–Crippen LogP) is 3.38. The largest absolute Gasteiger partial charge is 0.432 e. The summed E-state index contributed by atoms with van der Waals surface area (Å²) in [5.74, 6) is -0.706. The van der Waals surface area contributed by atoms with Crippen molar-refractivity contribution in [1.82, 2.24) is 20.2 Å². The number of aromatic nitrogens is 3. The smallest absolute Gasteiger partial charge is 0.387 e. The van der Waals surface area contributed by atoms with Gasteiger partial charge in [0, 0.05) is 36.8 Å². The Morgan fingerprint density at radius 3 is 2.72 bits per heavy atom. The average molecular weight is 424 g/mol. The molecule has 152 valence electrons. The summed E-state index contributed by atoms with van der Waals surface area (Å²) in [6.45, 7) is -3.06. The average Bonchev–Trinajstić information content (AvgIpc) is 3.14. The van der Waals surface area contributed by atoms with E-state index in [4.69, 9.17) is 21.2 Å². The van der Waals surface area contributed by atoms with Gasteiger partial charge < -0.3 is 10.1 Å². The fraction of sp³-hybridized carbons (Fsp3) is 0.167. The van der Waals surface area contributed by atoms with Gasteiger partial charge in [0.25, 0.3) is 5.91 Å². The zero-order chi connectivity index (χ0) is 20.8. The van der Waals surface area contributed by atoms with Crippen LogP contribution in [0.5, 0.6) is 5.75 Å². The third-order valence-corrected chi connectivity index (χ3v) is 3.88. The van der Waals surface area contributed by atoms with Crippen LogP contribution in [-0.4, -0.2) is 33.0 Å². The number of nitrogens with zero attached hydrogens (tertiary/aromatic N) is 3. The minimum Gasteiger partial charge on any atom is -0.432 e. The van der Waals surface area contributed by atoms with Gasteiger partial charge in [-0.15, -0.1) is 0 Å². The van der Waals surface area contributed by atoms with Crippen LogP contribution in [0.3, 0.4) is 0 Å². The molecule has 0 fully saturated rings. The van der Waals surface area contributed by atoms with E-state index < -0.39 is 18.2 Å².